The number of benzene rings is 1. The van der Waals surface area contributed by atoms with Gasteiger partial charge in [-0.2, -0.15) is 13.9 Å². The lowest BCUT2D eigenvalue weighted by Gasteiger charge is -2.30. The zero-order valence-electron chi connectivity index (χ0n) is 14.1. The van der Waals surface area contributed by atoms with Crippen molar-refractivity contribution in [2.45, 2.75) is 37.5 Å². The van der Waals surface area contributed by atoms with E-state index in [1.165, 1.54) is 0 Å². The van der Waals surface area contributed by atoms with Crippen LogP contribution >= 0.6 is 11.3 Å². The van der Waals surface area contributed by atoms with Crippen LogP contribution in [0, 0.1) is 13.8 Å². The molecule has 0 saturated carbocycles. The molecule has 2 aromatic heterocycles. The molecule has 0 bridgehead atoms. The second kappa shape index (κ2) is 6.15. The SMILES string of the molecule is Cc1ccc(S(=O)(=O)N2CCC(c3nn4c(C)nnc4s3)CC2)cc1. The van der Waals surface area contributed by atoms with Crippen molar-refractivity contribution in [3.63, 3.8) is 0 Å². The van der Waals surface area contributed by atoms with Crippen molar-refractivity contribution < 1.29 is 8.42 Å². The molecule has 0 amide bonds. The molecule has 1 fully saturated rings. The van der Waals surface area contributed by atoms with Gasteiger partial charge < -0.3 is 0 Å². The van der Waals surface area contributed by atoms with E-state index in [2.05, 4.69) is 15.3 Å². The molecule has 0 aliphatic carbocycles. The summed E-state index contributed by atoms with van der Waals surface area (Å²) in [4.78, 5) is 1.16. The van der Waals surface area contributed by atoms with Crippen LogP contribution in [0.5, 0.6) is 0 Å². The van der Waals surface area contributed by atoms with E-state index in [1.54, 1.807) is 32.3 Å². The van der Waals surface area contributed by atoms with E-state index in [4.69, 9.17) is 0 Å². The summed E-state index contributed by atoms with van der Waals surface area (Å²) in [5.41, 5.74) is 1.05. The van der Waals surface area contributed by atoms with Gasteiger partial charge in [0.15, 0.2) is 5.82 Å². The summed E-state index contributed by atoms with van der Waals surface area (Å²) >= 11 is 1.54. The van der Waals surface area contributed by atoms with Gasteiger partial charge in [-0.15, -0.1) is 10.2 Å². The first-order chi connectivity index (χ1) is 11.9. The molecule has 0 atom stereocenters. The maximum Gasteiger partial charge on any atom is 0.243 e. The summed E-state index contributed by atoms with van der Waals surface area (Å²) in [6.45, 7) is 4.85. The number of aryl methyl sites for hydroxylation is 2. The van der Waals surface area contributed by atoms with Crippen LogP contribution in [-0.4, -0.2) is 45.6 Å². The van der Waals surface area contributed by atoms with Crippen molar-refractivity contribution in [3.05, 3.63) is 40.7 Å². The van der Waals surface area contributed by atoms with Gasteiger partial charge in [0, 0.05) is 19.0 Å². The number of hydrogen-bond acceptors (Lipinski definition) is 6. The minimum Gasteiger partial charge on any atom is -0.207 e. The van der Waals surface area contributed by atoms with Gasteiger partial charge in [-0.1, -0.05) is 29.0 Å². The zero-order valence-corrected chi connectivity index (χ0v) is 15.7. The summed E-state index contributed by atoms with van der Waals surface area (Å²) < 4.78 is 28.9. The first kappa shape index (κ1) is 16.6. The van der Waals surface area contributed by atoms with E-state index in [0.29, 0.717) is 18.0 Å². The van der Waals surface area contributed by atoms with Crippen LogP contribution in [0.1, 0.15) is 35.2 Å². The molecule has 3 heterocycles. The molecule has 4 rings (SSSR count). The Morgan fingerprint density at radius 3 is 2.40 bits per heavy atom. The van der Waals surface area contributed by atoms with Gasteiger partial charge in [-0.25, -0.2) is 8.42 Å². The van der Waals surface area contributed by atoms with Crippen molar-refractivity contribution >= 4 is 26.3 Å². The van der Waals surface area contributed by atoms with Crippen LogP contribution in [0.25, 0.3) is 4.96 Å². The third-order valence-electron chi connectivity index (χ3n) is 4.62. The number of aromatic nitrogens is 4. The third-order valence-corrected chi connectivity index (χ3v) is 7.60. The normalized spacial score (nSPS) is 17.4. The number of rotatable bonds is 3. The second-order valence-electron chi connectivity index (χ2n) is 6.37. The predicted octanol–water partition coefficient (Wildman–Crippen LogP) is 2.37. The molecule has 7 nitrogen and oxygen atoms in total. The van der Waals surface area contributed by atoms with E-state index in [0.717, 1.165) is 34.2 Å². The zero-order chi connectivity index (χ0) is 17.6. The standard InChI is InChI=1S/C16H19N5O2S2/c1-11-3-5-14(6-4-11)25(22,23)20-9-7-13(8-10-20)15-19-21-12(2)17-18-16(21)24-15/h3-6,13H,7-10H2,1-2H3. The molecule has 9 heteroatoms. The molecular weight excluding hydrogens is 358 g/mol. The lowest BCUT2D eigenvalue weighted by atomic mass is 9.99. The summed E-state index contributed by atoms with van der Waals surface area (Å²) in [6.07, 6.45) is 1.54. The van der Waals surface area contributed by atoms with Gasteiger partial charge in [-0.3, -0.25) is 0 Å². The highest BCUT2D eigenvalue weighted by Gasteiger charge is 2.31. The monoisotopic (exact) mass is 377 g/mol. The van der Waals surface area contributed by atoms with E-state index < -0.39 is 10.0 Å². The summed E-state index contributed by atoms with van der Waals surface area (Å²) in [6, 6.07) is 7.04. The highest BCUT2D eigenvalue weighted by Crippen LogP contribution is 2.33. The minimum absolute atomic E-state index is 0.274. The predicted molar refractivity (Wildman–Crippen MR) is 95.3 cm³/mol. The number of piperidine rings is 1. The molecule has 0 radical (unpaired) electrons. The lowest BCUT2D eigenvalue weighted by Crippen LogP contribution is -2.37. The van der Waals surface area contributed by atoms with Crippen LogP contribution in [0.15, 0.2) is 29.2 Å². The summed E-state index contributed by atoms with van der Waals surface area (Å²) in [5, 5.41) is 13.7. The average molecular weight is 377 g/mol. The number of fused-ring (bicyclic) bond motifs is 1. The van der Waals surface area contributed by atoms with Crippen molar-refractivity contribution in [1.82, 2.24) is 24.1 Å². The molecule has 1 aromatic carbocycles. The van der Waals surface area contributed by atoms with Crippen molar-refractivity contribution in [2.24, 2.45) is 0 Å². The molecular formula is C16H19N5O2S2. The molecule has 3 aromatic rings. The molecule has 1 saturated heterocycles. The van der Waals surface area contributed by atoms with Crippen LogP contribution in [0.4, 0.5) is 0 Å². The van der Waals surface area contributed by atoms with E-state index in [1.807, 2.05) is 26.0 Å². The average Bonchev–Trinajstić information content (AvgIpc) is 3.18. The fourth-order valence-electron chi connectivity index (χ4n) is 3.10. The molecule has 1 aliphatic heterocycles. The van der Waals surface area contributed by atoms with Crippen molar-refractivity contribution in [1.29, 1.82) is 0 Å². The molecule has 0 N–H and O–H groups in total. The second-order valence-corrected chi connectivity index (χ2v) is 9.30. The van der Waals surface area contributed by atoms with E-state index in [-0.39, 0.29) is 5.92 Å². The highest BCUT2D eigenvalue weighted by molar-refractivity contribution is 7.89. The first-order valence-electron chi connectivity index (χ1n) is 8.21. The molecule has 0 unspecified atom stereocenters. The van der Waals surface area contributed by atoms with Crippen LogP contribution in [0.3, 0.4) is 0 Å². The maximum absolute atomic E-state index is 12.8. The Kier molecular flexibility index (Phi) is 4.09. The van der Waals surface area contributed by atoms with Gasteiger partial charge in [0.25, 0.3) is 0 Å². The van der Waals surface area contributed by atoms with Gasteiger partial charge in [0.05, 0.1) is 4.90 Å². The Morgan fingerprint density at radius 1 is 1.08 bits per heavy atom. The summed E-state index contributed by atoms with van der Waals surface area (Å²) in [5.74, 6) is 1.05. The van der Waals surface area contributed by atoms with Crippen LogP contribution in [0.2, 0.25) is 0 Å². The fourth-order valence-corrected chi connectivity index (χ4v) is 5.62. The van der Waals surface area contributed by atoms with Gasteiger partial charge in [-0.05, 0) is 38.8 Å². The Morgan fingerprint density at radius 2 is 1.76 bits per heavy atom. The lowest BCUT2D eigenvalue weighted by molar-refractivity contribution is 0.318. The Balaban J connectivity index is 1.49. The highest BCUT2D eigenvalue weighted by atomic mass is 32.2. The number of hydrogen-bond donors (Lipinski definition) is 0. The molecule has 25 heavy (non-hydrogen) atoms. The number of sulfonamides is 1. The minimum atomic E-state index is -3.42. The van der Waals surface area contributed by atoms with Crippen molar-refractivity contribution in [3.8, 4) is 0 Å². The van der Waals surface area contributed by atoms with Crippen LogP contribution in [-0.2, 0) is 10.0 Å². The summed E-state index contributed by atoms with van der Waals surface area (Å²) in [7, 11) is -3.42. The maximum atomic E-state index is 12.8. The van der Waals surface area contributed by atoms with Gasteiger partial charge in [0.1, 0.15) is 5.01 Å². The third kappa shape index (κ3) is 2.96. The quantitative estimate of drug-likeness (QED) is 0.700. The van der Waals surface area contributed by atoms with Crippen molar-refractivity contribution in [2.75, 3.05) is 13.1 Å². The Labute approximate surface area is 150 Å². The molecule has 0 spiro atoms. The smallest absolute Gasteiger partial charge is 0.207 e. The first-order valence-corrected chi connectivity index (χ1v) is 10.5. The van der Waals surface area contributed by atoms with Gasteiger partial charge in [0.2, 0.25) is 15.0 Å². The Bertz CT molecular complexity index is 999. The number of nitrogens with zero attached hydrogens (tertiary/aromatic N) is 5. The van der Waals surface area contributed by atoms with Crippen LogP contribution < -0.4 is 0 Å². The Hall–Kier alpha value is -1.84. The van der Waals surface area contributed by atoms with E-state index in [9.17, 15) is 8.42 Å². The topological polar surface area (TPSA) is 80.5 Å². The molecule has 132 valence electrons. The largest absolute Gasteiger partial charge is 0.243 e. The van der Waals surface area contributed by atoms with E-state index >= 15 is 0 Å². The molecule has 1 aliphatic rings. The fraction of sp³-hybridized carbons (Fsp3) is 0.438. The van der Waals surface area contributed by atoms with Gasteiger partial charge >= 0.3 is 0 Å².